The summed E-state index contributed by atoms with van der Waals surface area (Å²) in [4.78, 5) is 26.8. The van der Waals surface area contributed by atoms with Gasteiger partial charge in [0, 0.05) is 17.3 Å². The summed E-state index contributed by atoms with van der Waals surface area (Å²) in [7, 11) is 1.35. The fourth-order valence-electron chi connectivity index (χ4n) is 1.46. The Balaban J connectivity index is 1.99. The maximum Gasteiger partial charge on any atom is 0.309 e. The van der Waals surface area contributed by atoms with Crippen LogP contribution in [0.2, 0.25) is 0 Å². The van der Waals surface area contributed by atoms with Crippen LogP contribution in [0.3, 0.4) is 0 Å². The van der Waals surface area contributed by atoms with Crippen LogP contribution in [-0.4, -0.2) is 24.0 Å². The fourth-order valence-corrected chi connectivity index (χ4v) is 2.00. The van der Waals surface area contributed by atoms with Crippen LogP contribution in [0, 0.1) is 0 Å². The van der Waals surface area contributed by atoms with Crippen LogP contribution in [0.15, 0.2) is 35.8 Å². The average Bonchev–Trinajstić information content (AvgIpc) is 2.95. The first-order chi connectivity index (χ1) is 9.19. The number of carbonyl (C=O) groups is 2. The van der Waals surface area contributed by atoms with Crippen molar-refractivity contribution in [1.82, 2.24) is 4.98 Å². The van der Waals surface area contributed by atoms with Crippen LogP contribution in [-0.2, 0) is 16.0 Å². The number of rotatable bonds is 4. The second-order valence-corrected chi connectivity index (χ2v) is 4.64. The van der Waals surface area contributed by atoms with Crippen molar-refractivity contribution in [3.05, 3.63) is 46.4 Å². The Labute approximate surface area is 114 Å². The van der Waals surface area contributed by atoms with Gasteiger partial charge in [-0.1, -0.05) is 12.1 Å². The van der Waals surface area contributed by atoms with E-state index in [1.54, 1.807) is 35.8 Å². The standard InChI is InChI=1S/C13H12N2O3S/c1-18-11(16)8-9-2-4-10(5-3-9)15-12(17)13-14-6-7-19-13/h2-7H,8H2,1H3,(H,15,17). The Morgan fingerprint density at radius 3 is 2.63 bits per heavy atom. The summed E-state index contributed by atoms with van der Waals surface area (Å²) in [5.41, 5.74) is 1.49. The zero-order valence-corrected chi connectivity index (χ0v) is 11.1. The molecule has 0 saturated heterocycles. The number of benzene rings is 1. The molecule has 1 heterocycles. The zero-order chi connectivity index (χ0) is 13.7. The number of ether oxygens (including phenoxy) is 1. The van der Waals surface area contributed by atoms with Crippen LogP contribution in [0.4, 0.5) is 5.69 Å². The molecule has 98 valence electrons. The van der Waals surface area contributed by atoms with Gasteiger partial charge in [-0.05, 0) is 17.7 Å². The third kappa shape index (κ3) is 3.62. The quantitative estimate of drug-likeness (QED) is 0.868. The molecule has 0 atom stereocenters. The molecule has 1 amide bonds. The molecule has 0 aliphatic rings. The van der Waals surface area contributed by atoms with Crippen molar-refractivity contribution in [3.8, 4) is 0 Å². The van der Waals surface area contributed by atoms with E-state index < -0.39 is 0 Å². The van der Waals surface area contributed by atoms with E-state index in [0.29, 0.717) is 10.7 Å². The first kappa shape index (κ1) is 13.2. The number of amides is 1. The molecular formula is C13H12N2O3S. The van der Waals surface area contributed by atoms with Gasteiger partial charge in [0.15, 0.2) is 5.01 Å². The molecule has 5 nitrogen and oxygen atoms in total. The molecule has 0 aliphatic carbocycles. The molecule has 1 N–H and O–H groups in total. The molecule has 19 heavy (non-hydrogen) atoms. The molecule has 6 heteroatoms. The number of hydrogen-bond acceptors (Lipinski definition) is 5. The lowest BCUT2D eigenvalue weighted by Crippen LogP contribution is -2.11. The summed E-state index contributed by atoms with van der Waals surface area (Å²) in [5.74, 6) is -0.532. The number of thiazole rings is 1. The number of nitrogens with zero attached hydrogens (tertiary/aromatic N) is 1. The van der Waals surface area contributed by atoms with E-state index in [1.807, 2.05) is 0 Å². The molecule has 0 fully saturated rings. The van der Waals surface area contributed by atoms with Gasteiger partial charge in [0.05, 0.1) is 13.5 Å². The van der Waals surface area contributed by atoms with Gasteiger partial charge < -0.3 is 10.1 Å². The lowest BCUT2D eigenvalue weighted by molar-refractivity contribution is -0.139. The first-order valence-corrected chi connectivity index (χ1v) is 6.43. The van der Waals surface area contributed by atoms with Crippen LogP contribution in [0.1, 0.15) is 15.4 Å². The number of aromatic nitrogens is 1. The van der Waals surface area contributed by atoms with Crippen molar-refractivity contribution in [2.45, 2.75) is 6.42 Å². The van der Waals surface area contributed by atoms with Crippen molar-refractivity contribution in [1.29, 1.82) is 0 Å². The molecule has 1 aromatic heterocycles. The molecule has 2 aromatic rings. The highest BCUT2D eigenvalue weighted by atomic mass is 32.1. The number of anilines is 1. The lowest BCUT2D eigenvalue weighted by atomic mass is 10.1. The highest BCUT2D eigenvalue weighted by molar-refractivity contribution is 7.11. The van der Waals surface area contributed by atoms with E-state index in [0.717, 1.165) is 5.56 Å². The van der Waals surface area contributed by atoms with Crippen LogP contribution < -0.4 is 5.32 Å². The maximum absolute atomic E-state index is 11.7. The molecule has 0 radical (unpaired) electrons. The van der Waals surface area contributed by atoms with Crippen molar-refractivity contribution < 1.29 is 14.3 Å². The van der Waals surface area contributed by atoms with E-state index in [-0.39, 0.29) is 18.3 Å². The minimum absolute atomic E-state index is 0.219. The Kier molecular flexibility index (Phi) is 4.25. The Morgan fingerprint density at radius 1 is 1.32 bits per heavy atom. The Bertz CT molecular complexity index is 564. The third-order valence-corrected chi connectivity index (χ3v) is 3.19. The number of hydrogen-bond donors (Lipinski definition) is 1. The van der Waals surface area contributed by atoms with E-state index in [2.05, 4.69) is 15.0 Å². The van der Waals surface area contributed by atoms with Crippen molar-refractivity contribution >= 4 is 28.9 Å². The fraction of sp³-hybridized carbons (Fsp3) is 0.154. The summed E-state index contributed by atoms with van der Waals surface area (Å²) >= 11 is 1.28. The molecule has 0 saturated carbocycles. The maximum atomic E-state index is 11.7. The SMILES string of the molecule is COC(=O)Cc1ccc(NC(=O)c2nccs2)cc1. The summed E-state index contributed by atoms with van der Waals surface area (Å²) in [6.45, 7) is 0. The Hall–Kier alpha value is -2.21. The Morgan fingerprint density at radius 2 is 2.05 bits per heavy atom. The van der Waals surface area contributed by atoms with E-state index in [9.17, 15) is 9.59 Å². The normalized spacial score (nSPS) is 9.95. The van der Waals surface area contributed by atoms with E-state index in [4.69, 9.17) is 0 Å². The van der Waals surface area contributed by atoms with Gasteiger partial charge in [0.2, 0.25) is 0 Å². The highest BCUT2D eigenvalue weighted by Crippen LogP contribution is 2.13. The van der Waals surface area contributed by atoms with Gasteiger partial charge >= 0.3 is 5.97 Å². The smallest absolute Gasteiger partial charge is 0.309 e. The molecule has 2 rings (SSSR count). The van der Waals surface area contributed by atoms with Crippen molar-refractivity contribution in [2.24, 2.45) is 0 Å². The number of methoxy groups -OCH3 is 1. The zero-order valence-electron chi connectivity index (χ0n) is 10.3. The number of nitrogens with one attached hydrogen (secondary N) is 1. The molecule has 1 aromatic carbocycles. The molecule has 0 unspecified atom stereocenters. The van der Waals surface area contributed by atoms with Crippen molar-refractivity contribution in [2.75, 3.05) is 12.4 Å². The second-order valence-electron chi connectivity index (χ2n) is 3.74. The van der Waals surface area contributed by atoms with Gasteiger partial charge in [-0.15, -0.1) is 11.3 Å². The van der Waals surface area contributed by atoms with Crippen molar-refractivity contribution in [3.63, 3.8) is 0 Å². The lowest BCUT2D eigenvalue weighted by Gasteiger charge is -2.04. The summed E-state index contributed by atoms with van der Waals surface area (Å²) in [6, 6.07) is 7.02. The van der Waals surface area contributed by atoms with E-state index >= 15 is 0 Å². The average molecular weight is 276 g/mol. The minimum Gasteiger partial charge on any atom is -0.469 e. The summed E-state index contributed by atoms with van der Waals surface area (Å²) in [6.07, 6.45) is 1.80. The second kappa shape index (κ2) is 6.10. The minimum atomic E-state index is -0.292. The van der Waals surface area contributed by atoms with Crippen LogP contribution in [0.25, 0.3) is 0 Å². The van der Waals surface area contributed by atoms with Gasteiger partial charge in [-0.2, -0.15) is 0 Å². The topological polar surface area (TPSA) is 68.3 Å². The summed E-state index contributed by atoms with van der Waals surface area (Å²) < 4.78 is 4.58. The van der Waals surface area contributed by atoms with Gasteiger partial charge in [-0.25, -0.2) is 4.98 Å². The predicted octanol–water partition coefficient (Wildman–Crippen LogP) is 2.11. The van der Waals surface area contributed by atoms with Gasteiger partial charge in [-0.3, -0.25) is 9.59 Å². The predicted molar refractivity (Wildman–Crippen MR) is 72.2 cm³/mol. The van der Waals surface area contributed by atoms with Gasteiger partial charge in [0.1, 0.15) is 0 Å². The van der Waals surface area contributed by atoms with E-state index in [1.165, 1.54) is 18.4 Å². The first-order valence-electron chi connectivity index (χ1n) is 5.55. The molecule has 0 spiro atoms. The van der Waals surface area contributed by atoms with Crippen LogP contribution >= 0.6 is 11.3 Å². The number of esters is 1. The van der Waals surface area contributed by atoms with Crippen LogP contribution in [0.5, 0.6) is 0 Å². The number of carbonyl (C=O) groups excluding carboxylic acids is 2. The third-order valence-electron chi connectivity index (χ3n) is 2.41. The monoisotopic (exact) mass is 276 g/mol. The molecular weight excluding hydrogens is 264 g/mol. The van der Waals surface area contributed by atoms with Gasteiger partial charge in [0.25, 0.3) is 5.91 Å². The largest absolute Gasteiger partial charge is 0.469 e. The molecule has 0 aliphatic heterocycles. The highest BCUT2D eigenvalue weighted by Gasteiger charge is 2.08. The summed E-state index contributed by atoms with van der Waals surface area (Å²) in [5, 5.41) is 4.89. The molecule has 0 bridgehead atoms.